The second-order valence-electron chi connectivity index (χ2n) is 2.60. The summed E-state index contributed by atoms with van der Waals surface area (Å²) in [5.74, 6) is 0.142. The van der Waals surface area contributed by atoms with E-state index in [1.54, 1.807) is 0 Å². The largest absolute Gasteiger partial charge is 0.358 e. The van der Waals surface area contributed by atoms with Crippen LogP contribution in [0, 0.1) is 0 Å². The fraction of sp³-hybridized carbons (Fsp3) is 0.429. The smallest absolute Gasteiger partial charge is 0.270 e. The molecule has 72 valence electrons. The van der Waals surface area contributed by atoms with Gasteiger partial charge < -0.3 is 21.3 Å². The number of nitrogens with one attached hydrogen (secondary N) is 4. The Labute approximate surface area is 75.8 Å². The third-order valence-electron chi connectivity index (χ3n) is 1.63. The van der Waals surface area contributed by atoms with E-state index < -0.39 is 0 Å². The van der Waals surface area contributed by atoms with E-state index in [2.05, 4.69) is 21.3 Å². The Bertz CT molecular complexity index is 261. The molecule has 0 aliphatic carbocycles. The highest BCUT2D eigenvalue weighted by atomic mass is 16.2. The summed E-state index contributed by atoms with van der Waals surface area (Å²) in [5, 5.41) is 10.6. The number of amides is 2. The van der Waals surface area contributed by atoms with Gasteiger partial charge in [0.25, 0.3) is 5.91 Å². The van der Waals surface area contributed by atoms with E-state index in [0.29, 0.717) is 17.9 Å². The number of likely N-dealkylation sites (N-methyl/N-ethyl adjacent to an activating group) is 1. The molecule has 6 heteroatoms. The minimum atomic E-state index is -0.263. The molecule has 0 saturated heterocycles. The van der Waals surface area contributed by atoms with Gasteiger partial charge in [-0.25, -0.2) is 0 Å². The van der Waals surface area contributed by atoms with Gasteiger partial charge in [0.05, 0.1) is 6.17 Å². The van der Waals surface area contributed by atoms with Crippen molar-refractivity contribution in [1.29, 1.82) is 0 Å². The highest BCUT2D eigenvalue weighted by Crippen LogP contribution is 2.04. The van der Waals surface area contributed by atoms with Gasteiger partial charge >= 0.3 is 0 Å². The van der Waals surface area contributed by atoms with Crippen molar-refractivity contribution < 1.29 is 9.59 Å². The molecular formula is C7H12N4O2. The van der Waals surface area contributed by atoms with Crippen LogP contribution in [0.5, 0.6) is 0 Å². The van der Waals surface area contributed by atoms with Crippen LogP contribution in [0.15, 0.2) is 11.5 Å². The van der Waals surface area contributed by atoms with Gasteiger partial charge in [-0.1, -0.05) is 0 Å². The monoisotopic (exact) mass is 184 g/mol. The summed E-state index contributed by atoms with van der Waals surface area (Å²) in [7, 11) is 1.53. The highest BCUT2D eigenvalue weighted by molar-refractivity contribution is 5.94. The van der Waals surface area contributed by atoms with E-state index in [0.717, 1.165) is 0 Å². The van der Waals surface area contributed by atoms with E-state index in [9.17, 15) is 9.59 Å². The Balaban J connectivity index is 2.80. The lowest BCUT2D eigenvalue weighted by molar-refractivity contribution is -0.117. The van der Waals surface area contributed by atoms with Crippen molar-refractivity contribution in [2.75, 3.05) is 7.05 Å². The maximum absolute atomic E-state index is 11.2. The average molecular weight is 184 g/mol. The van der Waals surface area contributed by atoms with Crippen molar-refractivity contribution in [3.63, 3.8) is 0 Å². The summed E-state index contributed by atoms with van der Waals surface area (Å²) >= 11 is 0. The van der Waals surface area contributed by atoms with Crippen LogP contribution in [0.25, 0.3) is 0 Å². The van der Waals surface area contributed by atoms with Crippen LogP contribution < -0.4 is 21.3 Å². The minimum absolute atomic E-state index is 0.0604. The number of carbonyl (C=O) groups is 2. The van der Waals surface area contributed by atoms with Crippen molar-refractivity contribution >= 4 is 12.3 Å². The topological polar surface area (TPSA) is 82.3 Å². The van der Waals surface area contributed by atoms with E-state index in [1.165, 1.54) is 7.05 Å². The number of rotatable bonds is 3. The van der Waals surface area contributed by atoms with Crippen LogP contribution >= 0.6 is 0 Å². The lowest BCUT2D eigenvalue weighted by Gasteiger charge is -2.05. The third-order valence-corrected chi connectivity index (χ3v) is 1.63. The molecule has 0 bridgehead atoms. The zero-order chi connectivity index (χ0) is 9.84. The number of hydrogen-bond donors (Lipinski definition) is 4. The first-order valence-electron chi connectivity index (χ1n) is 3.88. The highest BCUT2D eigenvalue weighted by Gasteiger charge is 2.23. The predicted molar refractivity (Wildman–Crippen MR) is 46.0 cm³/mol. The fourth-order valence-electron chi connectivity index (χ4n) is 1.09. The molecule has 0 spiro atoms. The lowest BCUT2D eigenvalue weighted by atomic mass is 10.4. The third kappa shape index (κ3) is 1.90. The Morgan fingerprint density at radius 2 is 2.23 bits per heavy atom. The predicted octanol–water partition coefficient (Wildman–Crippen LogP) is -1.81. The quantitative estimate of drug-likeness (QED) is 0.389. The summed E-state index contributed by atoms with van der Waals surface area (Å²) in [6.07, 6.45) is 0.458. The summed E-state index contributed by atoms with van der Waals surface area (Å²) in [5.41, 5.74) is 0.349. The van der Waals surface area contributed by atoms with Gasteiger partial charge in [-0.3, -0.25) is 9.59 Å². The molecule has 0 aromatic carbocycles. The van der Waals surface area contributed by atoms with Crippen molar-refractivity contribution in [2.24, 2.45) is 0 Å². The second-order valence-corrected chi connectivity index (χ2v) is 2.60. The van der Waals surface area contributed by atoms with Crippen LogP contribution in [0.3, 0.4) is 0 Å². The van der Waals surface area contributed by atoms with E-state index >= 15 is 0 Å². The van der Waals surface area contributed by atoms with E-state index in [1.807, 2.05) is 6.92 Å². The molecule has 2 amide bonds. The van der Waals surface area contributed by atoms with Gasteiger partial charge in [-0.2, -0.15) is 0 Å². The average Bonchev–Trinajstić information content (AvgIpc) is 2.46. The van der Waals surface area contributed by atoms with E-state index in [4.69, 9.17) is 0 Å². The molecule has 0 aromatic heterocycles. The Morgan fingerprint density at radius 1 is 1.54 bits per heavy atom. The minimum Gasteiger partial charge on any atom is -0.358 e. The lowest BCUT2D eigenvalue weighted by Crippen LogP contribution is -2.33. The number of hydrogen-bond acceptors (Lipinski definition) is 4. The van der Waals surface area contributed by atoms with Crippen molar-refractivity contribution in [2.45, 2.75) is 13.1 Å². The summed E-state index contributed by atoms with van der Waals surface area (Å²) in [6.45, 7) is 1.84. The Morgan fingerprint density at radius 3 is 2.77 bits per heavy atom. The van der Waals surface area contributed by atoms with Crippen LogP contribution in [-0.2, 0) is 9.59 Å². The molecular weight excluding hydrogens is 172 g/mol. The normalized spacial score (nSPS) is 20.3. The van der Waals surface area contributed by atoms with Crippen LogP contribution in [0.1, 0.15) is 6.92 Å². The van der Waals surface area contributed by atoms with E-state index in [-0.39, 0.29) is 12.1 Å². The molecule has 1 aliphatic heterocycles. The maximum atomic E-state index is 11.2. The molecule has 0 saturated carbocycles. The van der Waals surface area contributed by atoms with Gasteiger partial charge in [-0.15, -0.1) is 0 Å². The van der Waals surface area contributed by atoms with Gasteiger partial charge in [0.15, 0.2) is 0 Å². The second kappa shape index (κ2) is 3.79. The van der Waals surface area contributed by atoms with Crippen molar-refractivity contribution in [3.8, 4) is 0 Å². The zero-order valence-electron chi connectivity index (χ0n) is 7.47. The van der Waals surface area contributed by atoms with Crippen LogP contribution in [0.2, 0.25) is 0 Å². The standard InChI is InChI=1S/C7H12N4O2/c1-4-10-5(7(13)8-2)6(11-4)9-3-12/h3-4,10-11H,1-2H3,(H,8,13)(H,9,12). The Hall–Kier alpha value is -1.72. The first kappa shape index (κ1) is 9.37. The molecule has 0 radical (unpaired) electrons. The van der Waals surface area contributed by atoms with Crippen molar-refractivity contribution in [1.82, 2.24) is 21.3 Å². The molecule has 0 fully saturated rings. The SMILES string of the molecule is CNC(=O)C1=C(NC=O)NC(C)N1. The molecule has 1 atom stereocenters. The molecule has 1 heterocycles. The van der Waals surface area contributed by atoms with Crippen LogP contribution in [-0.4, -0.2) is 25.5 Å². The zero-order valence-corrected chi connectivity index (χ0v) is 7.47. The molecule has 1 aliphatic rings. The molecule has 0 aromatic rings. The summed E-state index contributed by atoms with van der Waals surface area (Å²) in [4.78, 5) is 21.4. The van der Waals surface area contributed by atoms with Crippen molar-refractivity contribution in [3.05, 3.63) is 11.5 Å². The van der Waals surface area contributed by atoms with Gasteiger partial charge in [-0.05, 0) is 6.92 Å². The molecule has 13 heavy (non-hydrogen) atoms. The molecule has 4 N–H and O–H groups in total. The first-order chi connectivity index (χ1) is 6.19. The number of carbonyl (C=O) groups excluding carboxylic acids is 2. The fourth-order valence-corrected chi connectivity index (χ4v) is 1.09. The van der Waals surface area contributed by atoms with Gasteiger partial charge in [0, 0.05) is 7.05 Å². The van der Waals surface area contributed by atoms with Gasteiger partial charge in [0.1, 0.15) is 11.5 Å². The first-order valence-corrected chi connectivity index (χ1v) is 3.88. The molecule has 6 nitrogen and oxygen atoms in total. The van der Waals surface area contributed by atoms with Crippen LogP contribution in [0.4, 0.5) is 0 Å². The summed E-state index contributed by atoms with van der Waals surface area (Å²) < 4.78 is 0. The molecule has 1 unspecified atom stereocenters. The Kier molecular flexibility index (Phi) is 2.73. The van der Waals surface area contributed by atoms with Gasteiger partial charge in [0.2, 0.25) is 6.41 Å². The maximum Gasteiger partial charge on any atom is 0.270 e. The summed E-state index contributed by atoms with van der Waals surface area (Å²) in [6, 6.07) is 0. The molecule has 1 rings (SSSR count).